The predicted molar refractivity (Wildman–Crippen MR) is 129 cm³/mol. The van der Waals surface area contributed by atoms with Gasteiger partial charge in [-0.05, 0) is 55.2 Å². The van der Waals surface area contributed by atoms with E-state index in [0.717, 1.165) is 22.3 Å². The number of ether oxygens (including phenoxy) is 1. The lowest BCUT2D eigenvalue weighted by Gasteiger charge is -2.33. The third-order valence-corrected chi connectivity index (χ3v) is 6.38. The van der Waals surface area contributed by atoms with Crippen LogP contribution in [0.25, 0.3) is 11.1 Å². The number of likely N-dealkylation sites (N-methyl/N-ethyl adjacent to an activating group) is 1. The highest BCUT2D eigenvalue weighted by Gasteiger charge is 2.38. The highest BCUT2D eigenvalue weighted by Crippen LogP contribution is 2.44. The van der Waals surface area contributed by atoms with E-state index in [4.69, 9.17) is 9.15 Å². The van der Waals surface area contributed by atoms with Gasteiger partial charge in [0.25, 0.3) is 5.91 Å². The summed E-state index contributed by atoms with van der Waals surface area (Å²) in [4.78, 5) is 37.9. The first-order chi connectivity index (χ1) is 16.7. The molecule has 8 nitrogen and oxygen atoms in total. The number of benzene rings is 2. The largest absolute Gasteiger partial charge is 0.480 e. The molecule has 0 unspecified atom stereocenters. The van der Waals surface area contributed by atoms with Crippen molar-refractivity contribution in [3.05, 3.63) is 83.3 Å². The van der Waals surface area contributed by atoms with Gasteiger partial charge in [-0.25, -0.2) is 9.59 Å². The molecule has 0 spiro atoms. The molecule has 0 radical (unpaired) electrons. The number of nitrogens with zero attached hydrogens (tertiary/aromatic N) is 1. The fourth-order valence-electron chi connectivity index (χ4n) is 4.44. The van der Waals surface area contributed by atoms with Crippen molar-refractivity contribution in [3.8, 4) is 11.1 Å². The maximum Gasteiger partial charge on any atom is 0.407 e. The fourth-order valence-corrected chi connectivity index (χ4v) is 4.44. The molecule has 2 amide bonds. The quantitative estimate of drug-likeness (QED) is 0.490. The molecule has 0 aliphatic heterocycles. The lowest BCUT2D eigenvalue weighted by Crippen LogP contribution is -2.52. The van der Waals surface area contributed by atoms with Crippen LogP contribution in [0.15, 0.2) is 65.1 Å². The third-order valence-electron chi connectivity index (χ3n) is 6.38. The van der Waals surface area contributed by atoms with Crippen molar-refractivity contribution >= 4 is 18.0 Å². The standard InChI is InChI=1S/C27H28N2O6/c1-4-29(27(2,3)25(31)32)24(30)23-14-13-17(35-23)15-28-26(33)34-16-22-20-11-7-5-9-18(20)19-10-6-8-12-21(19)22/h5-14,22H,4,15-16H2,1-3H3,(H,28,33)(H,31,32). The van der Waals surface area contributed by atoms with E-state index in [2.05, 4.69) is 17.4 Å². The molecule has 2 aromatic carbocycles. The number of fused-ring (bicyclic) bond motifs is 3. The molecular weight excluding hydrogens is 448 g/mol. The SMILES string of the molecule is CCN(C(=O)c1ccc(CNC(=O)OCC2c3ccccc3-c3ccccc32)o1)C(C)(C)C(=O)O. The van der Waals surface area contributed by atoms with Crippen molar-refractivity contribution in [1.82, 2.24) is 10.2 Å². The fraction of sp³-hybridized carbons (Fsp3) is 0.296. The average molecular weight is 477 g/mol. The zero-order valence-electron chi connectivity index (χ0n) is 19.9. The molecule has 0 fully saturated rings. The normalized spacial score (nSPS) is 12.5. The van der Waals surface area contributed by atoms with Crippen LogP contribution in [0, 0.1) is 0 Å². The summed E-state index contributed by atoms with van der Waals surface area (Å²) < 4.78 is 11.1. The van der Waals surface area contributed by atoms with Gasteiger partial charge in [0.05, 0.1) is 6.54 Å². The van der Waals surface area contributed by atoms with Gasteiger partial charge in [0.15, 0.2) is 5.76 Å². The van der Waals surface area contributed by atoms with Gasteiger partial charge in [0, 0.05) is 12.5 Å². The maximum absolute atomic E-state index is 12.8. The van der Waals surface area contributed by atoms with Gasteiger partial charge >= 0.3 is 12.1 Å². The molecule has 0 saturated heterocycles. The number of carbonyl (C=O) groups is 3. The van der Waals surface area contributed by atoms with E-state index in [-0.39, 0.29) is 31.4 Å². The topological polar surface area (TPSA) is 109 Å². The number of hydrogen-bond donors (Lipinski definition) is 2. The zero-order valence-corrected chi connectivity index (χ0v) is 19.9. The molecule has 8 heteroatoms. The molecule has 1 heterocycles. The van der Waals surface area contributed by atoms with Gasteiger partial charge in [0.2, 0.25) is 0 Å². The minimum absolute atomic E-state index is 0.00510. The van der Waals surface area contributed by atoms with Crippen LogP contribution in [0.3, 0.4) is 0 Å². The minimum atomic E-state index is -1.39. The zero-order chi connectivity index (χ0) is 25.2. The van der Waals surface area contributed by atoms with E-state index in [9.17, 15) is 19.5 Å². The number of amides is 2. The van der Waals surface area contributed by atoms with Crippen LogP contribution in [0.5, 0.6) is 0 Å². The lowest BCUT2D eigenvalue weighted by molar-refractivity contribution is -0.147. The maximum atomic E-state index is 12.8. The predicted octanol–water partition coefficient (Wildman–Crippen LogP) is 4.64. The Morgan fingerprint density at radius 2 is 1.60 bits per heavy atom. The second kappa shape index (κ2) is 9.66. The number of hydrogen-bond acceptors (Lipinski definition) is 5. The average Bonchev–Trinajstić information content (AvgIpc) is 3.44. The lowest BCUT2D eigenvalue weighted by atomic mass is 9.98. The molecule has 35 heavy (non-hydrogen) atoms. The molecular formula is C27H28N2O6. The smallest absolute Gasteiger partial charge is 0.407 e. The molecule has 0 bridgehead atoms. The Kier molecular flexibility index (Phi) is 6.64. The summed E-state index contributed by atoms with van der Waals surface area (Å²) in [6, 6.07) is 19.2. The molecule has 0 saturated carbocycles. The molecule has 1 aliphatic carbocycles. The summed E-state index contributed by atoms with van der Waals surface area (Å²) in [6.07, 6.45) is -0.599. The Balaban J connectivity index is 1.35. The van der Waals surface area contributed by atoms with Crippen LogP contribution in [-0.4, -0.2) is 46.7 Å². The summed E-state index contributed by atoms with van der Waals surface area (Å²) in [7, 11) is 0. The summed E-state index contributed by atoms with van der Waals surface area (Å²) in [5, 5.41) is 12.1. The van der Waals surface area contributed by atoms with Crippen LogP contribution < -0.4 is 5.32 Å². The van der Waals surface area contributed by atoms with Crippen molar-refractivity contribution in [3.63, 3.8) is 0 Å². The summed E-state index contributed by atoms with van der Waals surface area (Å²) in [5.74, 6) is -1.33. The summed E-state index contributed by atoms with van der Waals surface area (Å²) in [6.45, 7) is 5.03. The van der Waals surface area contributed by atoms with Crippen LogP contribution >= 0.6 is 0 Å². The first-order valence-electron chi connectivity index (χ1n) is 11.5. The Hall–Kier alpha value is -4.07. The minimum Gasteiger partial charge on any atom is -0.480 e. The first-order valence-corrected chi connectivity index (χ1v) is 11.5. The van der Waals surface area contributed by atoms with Gasteiger partial charge in [-0.1, -0.05) is 48.5 Å². The monoisotopic (exact) mass is 476 g/mol. The van der Waals surface area contributed by atoms with Gasteiger partial charge in [0.1, 0.15) is 17.9 Å². The molecule has 1 aromatic heterocycles. The van der Waals surface area contributed by atoms with Crippen molar-refractivity contribution in [1.29, 1.82) is 0 Å². The first kappa shape index (κ1) is 24.1. The van der Waals surface area contributed by atoms with Gasteiger partial charge < -0.3 is 24.5 Å². The highest BCUT2D eigenvalue weighted by atomic mass is 16.5. The van der Waals surface area contributed by atoms with Gasteiger partial charge in [-0.2, -0.15) is 0 Å². The molecule has 2 N–H and O–H groups in total. The summed E-state index contributed by atoms with van der Waals surface area (Å²) in [5.41, 5.74) is 3.16. The molecule has 0 atom stereocenters. The van der Waals surface area contributed by atoms with E-state index in [1.807, 2.05) is 36.4 Å². The van der Waals surface area contributed by atoms with E-state index >= 15 is 0 Å². The second-order valence-electron chi connectivity index (χ2n) is 8.86. The van der Waals surface area contributed by atoms with Crippen LogP contribution in [0.2, 0.25) is 0 Å². The van der Waals surface area contributed by atoms with Crippen molar-refractivity contribution < 1.29 is 28.6 Å². The van der Waals surface area contributed by atoms with E-state index < -0.39 is 23.5 Å². The third kappa shape index (κ3) is 4.64. The number of alkyl carbamates (subject to hydrolysis) is 1. The Labute approximate surface area is 203 Å². The molecule has 3 aromatic rings. The Morgan fingerprint density at radius 1 is 1.00 bits per heavy atom. The number of nitrogens with one attached hydrogen (secondary N) is 1. The Bertz CT molecular complexity index is 1220. The van der Waals surface area contributed by atoms with Crippen LogP contribution in [0.4, 0.5) is 4.79 Å². The number of furan rings is 1. The Morgan fingerprint density at radius 3 is 2.17 bits per heavy atom. The van der Waals surface area contributed by atoms with Crippen molar-refractivity contribution in [2.75, 3.05) is 13.2 Å². The number of aliphatic carboxylic acids is 1. The molecule has 182 valence electrons. The van der Waals surface area contributed by atoms with E-state index in [0.29, 0.717) is 5.76 Å². The van der Waals surface area contributed by atoms with Crippen molar-refractivity contribution in [2.45, 2.75) is 38.8 Å². The van der Waals surface area contributed by atoms with Gasteiger partial charge in [-0.3, -0.25) is 4.79 Å². The highest BCUT2D eigenvalue weighted by molar-refractivity contribution is 5.95. The molecule has 4 rings (SSSR count). The molecule has 1 aliphatic rings. The van der Waals surface area contributed by atoms with Crippen LogP contribution in [-0.2, 0) is 16.1 Å². The van der Waals surface area contributed by atoms with E-state index in [1.54, 1.807) is 13.0 Å². The number of carbonyl (C=O) groups excluding carboxylic acids is 2. The number of carboxylic acids is 1. The summed E-state index contributed by atoms with van der Waals surface area (Å²) >= 11 is 0. The number of carboxylic acid groups (broad SMARTS) is 1. The van der Waals surface area contributed by atoms with Gasteiger partial charge in [-0.15, -0.1) is 0 Å². The number of rotatable bonds is 8. The van der Waals surface area contributed by atoms with Crippen LogP contribution in [0.1, 0.15) is 54.1 Å². The second-order valence-corrected chi connectivity index (χ2v) is 8.86. The van der Waals surface area contributed by atoms with Crippen molar-refractivity contribution in [2.24, 2.45) is 0 Å². The van der Waals surface area contributed by atoms with E-state index in [1.165, 1.54) is 24.8 Å².